The second-order valence-corrected chi connectivity index (χ2v) is 7.36. The minimum atomic E-state index is -0.687. The van der Waals surface area contributed by atoms with Gasteiger partial charge in [-0.2, -0.15) is 5.26 Å². The average Bonchev–Trinajstić information content (AvgIpc) is 3.40. The van der Waals surface area contributed by atoms with Crippen LogP contribution in [0.2, 0.25) is 0 Å². The SMILES string of the molecule is CCOC(=O)c1c(-c2cccs2)c(C#N)c(=O)n(Cc2nc3ccccc3[nH]2)c1N. The molecule has 0 aliphatic carbocycles. The molecule has 1 aromatic carbocycles. The minimum Gasteiger partial charge on any atom is -0.462 e. The van der Waals surface area contributed by atoms with E-state index in [1.807, 2.05) is 30.3 Å². The van der Waals surface area contributed by atoms with Gasteiger partial charge in [0.2, 0.25) is 0 Å². The third-order valence-electron chi connectivity index (χ3n) is 4.61. The number of anilines is 1. The van der Waals surface area contributed by atoms with Gasteiger partial charge in [-0.25, -0.2) is 9.78 Å². The smallest absolute Gasteiger partial charge is 0.342 e. The van der Waals surface area contributed by atoms with E-state index in [-0.39, 0.29) is 35.7 Å². The number of aromatic nitrogens is 3. The summed E-state index contributed by atoms with van der Waals surface area (Å²) in [7, 11) is 0. The molecule has 9 heteroatoms. The lowest BCUT2D eigenvalue weighted by Crippen LogP contribution is -2.30. The summed E-state index contributed by atoms with van der Waals surface area (Å²) >= 11 is 1.30. The van der Waals surface area contributed by atoms with Crippen LogP contribution < -0.4 is 11.3 Å². The quantitative estimate of drug-likeness (QED) is 0.479. The third-order valence-corrected chi connectivity index (χ3v) is 5.50. The van der Waals surface area contributed by atoms with Crippen molar-refractivity contribution in [3.05, 3.63) is 69.1 Å². The van der Waals surface area contributed by atoms with Gasteiger partial charge in [0.15, 0.2) is 0 Å². The zero-order valence-electron chi connectivity index (χ0n) is 16.0. The maximum absolute atomic E-state index is 13.2. The van der Waals surface area contributed by atoms with Crippen LogP contribution in [-0.2, 0) is 11.3 Å². The van der Waals surface area contributed by atoms with Crippen LogP contribution >= 0.6 is 11.3 Å². The molecule has 8 nitrogen and oxygen atoms in total. The molecule has 0 atom stereocenters. The number of benzene rings is 1. The molecular weight excluding hydrogens is 402 g/mol. The van der Waals surface area contributed by atoms with Crippen LogP contribution in [0.3, 0.4) is 0 Å². The summed E-state index contributed by atoms with van der Waals surface area (Å²) in [6.07, 6.45) is 0. The second-order valence-electron chi connectivity index (χ2n) is 6.41. The van der Waals surface area contributed by atoms with Crippen LogP contribution in [0.4, 0.5) is 5.82 Å². The Balaban J connectivity index is 1.95. The van der Waals surface area contributed by atoms with Crippen molar-refractivity contribution < 1.29 is 9.53 Å². The number of hydrogen-bond donors (Lipinski definition) is 2. The topological polar surface area (TPSA) is 127 Å². The third kappa shape index (κ3) is 3.23. The molecular formula is C21H17N5O3S. The van der Waals surface area contributed by atoms with E-state index >= 15 is 0 Å². The number of H-pyrrole nitrogens is 1. The summed E-state index contributed by atoms with van der Waals surface area (Å²) in [6.45, 7) is 1.78. The van der Waals surface area contributed by atoms with Crippen LogP contribution in [0, 0.1) is 11.3 Å². The molecule has 0 bridgehead atoms. The summed E-state index contributed by atoms with van der Waals surface area (Å²) in [5.74, 6) is -0.276. The molecule has 3 aromatic heterocycles. The van der Waals surface area contributed by atoms with E-state index < -0.39 is 11.5 Å². The lowest BCUT2D eigenvalue weighted by atomic mass is 10.0. The van der Waals surface area contributed by atoms with Crippen molar-refractivity contribution in [3.8, 4) is 16.5 Å². The van der Waals surface area contributed by atoms with Crippen molar-refractivity contribution in [1.29, 1.82) is 5.26 Å². The summed E-state index contributed by atoms with van der Waals surface area (Å²) in [4.78, 5) is 34.1. The first-order valence-corrected chi connectivity index (χ1v) is 10.0. The van der Waals surface area contributed by atoms with Gasteiger partial charge < -0.3 is 15.5 Å². The number of imidazole rings is 1. The summed E-state index contributed by atoms with van der Waals surface area (Å²) < 4.78 is 6.36. The zero-order chi connectivity index (χ0) is 21.3. The lowest BCUT2D eigenvalue weighted by molar-refractivity contribution is 0.0527. The Hall–Kier alpha value is -3.90. The maximum atomic E-state index is 13.2. The first-order valence-electron chi connectivity index (χ1n) is 9.16. The molecule has 0 unspecified atom stereocenters. The molecule has 0 radical (unpaired) electrons. The van der Waals surface area contributed by atoms with Crippen LogP contribution in [-0.4, -0.2) is 27.1 Å². The van der Waals surface area contributed by atoms with Crippen LogP contribution in [0.15, 0.2) is 46.6 Å². The molecule has 30 heavy (non-hydrogen) atoms. The zero-order valence-corrected chi connectivity index (χ0v) is 16.8. The Labute approximate surface area is 175 Å². The molecule has 3 heterocycles. The Morgan fingerprint density at radius 3 is 2.80 bits per heavy atom. The predicted molar refractivity (Wildman–Crippen MR) is 114 cm³/mol. The van der Waals surface area contributed by atoms with Gasteiger partial charge >= 0.3 is 5.97 Å². The van der Waals surface area contributed by atoms with Gasteiger partial charge in [0.05, 0.1) is 24.2 Å². The van der Waals surface area contributed by atoms with Crippen molar-refractivity contribution in [3.63, 3.8) is 0 Å². The first kappa shape index (κ1) is 19.4. The molecule has 0 amide bonds. The number of thiophene rings is 1. The normalized spacial score (nSPS) is 10.8. The van der Waals surface area contributed by atoms with Gasteiger partial charge in [0.25, 0.3) is 5.56 Å². The van der Waals surface area contributed by atoms with E-state index in [2.05, 4.69) is 9.97 Å². The molecule has 150 valence electrons. The second kappa shape index (κ2) is 7.85. The van der Waals surface area contributed by atoms with Gasteiger partial charge in [-0.05, 0) is 30.5 Å². The first-order chi connectivity index (χ1) is 14.5. The van der Waals surface area contributed by atoms with Crippen LogP contribution in [0.25, 0.3) is 21.5 Å². The average molecular weight is 419 g/mol. The molecule has 0 saturated heterocycles. The van der Waals surface area contributed by atoms with Crippen molar-refractivity contribution in [1.82, 2.24) is 14.5 Å². The number of nitrogens with one attached hydrogen (secondary N) is 1. The Morgan fingerprint density at radius 2 is 2.13 bits per heavy atom. The number of esters is 1. The fraction of sp³-hybridized carbons (Fsp3) is 0.143. The van der Waals surface area contributed by atoms with Gasteiger partial charge in [-0.3, -0.25) is 9.36 Å². The van der Waals surface area contributed by atoms with Gasteiger partial charge in [-0.1, -0.05) is 18.2 Å². The van der Waals surface area contributed by atoms with Crippen LogP contribution in [0.5, 0.6) is 0 Å². The molecule has 4 rings (SSSR count). The van der Waals surface area contributed by atoms with E-state index in [0.29, 0.717) is 10.7 Å². The number of nitrogen functional groups attached to an aromatic ring is 1. The number of nitrogens with zero attached hydrogens (tertiary/aromatic N) is 3. The Kier molecular flexibility index (Phi) is 5.08. The highest BCUT2D eigenvalue weighted by Crippen LogP contribution is 2.33. The van der Waals surface area contributed by atoms with E-state index in [9.17, 15) is 14.9 Å². The van der Waals surface area contributed by atoms with Gasteiger partial charge in [-0.15, -0.1) is 11.3 Å². The molecule has 0 aliphatic heterocycles. The van der Waals surface area contributed by atoms with Gasteiger partial charge in [0, 0.05) is 10.4 Å². The molecule has 0 saturated carbocycles. The van der Waals surface area contributed by atoms with Gasteiger partial charge in [0.1, 0.15) is 28.8 Å². The summed E-state index contributed by atoms with van der Waals surface area (Å²) in [5, 5.41) is 11.5. The van der Waals surface area contributed by atoms with E-state index in [4.69, 9.17) is 10.5 Å². The highest BCUT2D eigenvalue weighted by molar-refractivity contribution is 7.13. The lowest BCUT2D eigenvalue weighted by Gasteiger charge is -2.17. The number of aromatic amines is 1. The molecule has 0 fully saturated rings. The number of ether oxygens (including phenoxy) is 1. The highest BCUT2D eigenvalue weighted by atomic mass is 32.1. The molecule has 3 N–H and O–H groups in total. The van der Waals surface area contributed by atoms with E-state index in [1.165, 1.54) is 15.9 Å². The monoisotopic (exact) mass is 419 g/mol. The predicted octanol–water partition coefficient (Wildman–Crippen LogP) is 3.13. The highest BCUT2D eigenvalue weighted by Gasteiger charge is 2.28. The Bertz CT molecular complexity index is 1310. The summed E-state index contributed by atoms with van der Waals surface area (Å²) in [5.41, 5.74) is 7.30. The van der Waals surface area contributed by atoms with E-state index in [1.54, 1.807) is 24.4 Å². The van der Waals surface area contributed by atoms with Crippen molar-refractivity contribution >= 4 is 34.2 Å². The fourth-order valence-electron chi connectivity index (χ4n) is 3.31. The largest absolute Gasteiger partial charge is 0.462 e. The molecule has 0 aliphatic rings. The number of hydrogen-bond acceptors (Lipinski definition) is 7. The van der Waals surface area contributed by atoms with Crippen molar-refractivity contribution in [2.75, 3.05) is 12.3 Å². The Morgan fingerprint density at radius 1 is 1.33 bits per heavy atom. The number of pyridine rings is 1. The van der Waals surface area contributed by atoms with Crippen molar-refractivity contribution in [2.45, 2.75) is 13.5 Å². The molecule has 4 aromatic rings. The number of nitriles is 1. The molecule has 0 spiro atoms. The fourth-order valence-corrected chi connectivity index (χ4v) is 4.09. The van der Waals surface area contributed by atoms with Crippen molar-refractivity contribution in [2.24, 2.45) is 0 Å². The number of para-hydroxylation sites is 2. The number of nitrogens with two attached hydrogens (primary N) is 1. The van der Waals surface area contributed by atoms with E-state index in [0.717, 1.165) is 11.0 Å². The standard InChI is InChI=1S/C21H17N5O3S/c1-2-29-21(28)18-17(15-8-5-9-30-15)12(10-22)20(27)26(19(18)23)11-16-24-13-6-3-4-7-14(13)25-16/h3-9H,2,11,23H2,1H3,(H,24,25). The summed E-state index contributed by atoms with van der Waals surface area (Å²) in [6, 6.07) is 12.9. The number of rotatable bonds is 5. The minimum absolute atomic E-state index is 0.00608. The van der Waals surface area contributed by atoms with Crippen LogP contribution in [0.1, 0.15) is 28.7 Å². The number of carbonyl (C=O) groups is 1. The number of carbonyl (C=O) groups excluding carboxylic acids is 1. The number of fused-ring (bicyclic) bond motifs is 1. The maximum Gasteiger partial charge on any atom is 0.342 e.